The van der Waals surface area contributed by atoms with Gasteiger partial charge in [0.1, 0.15) is 6.23 Å². The molecule has 1 aliphatic rings. The van der Waals surface area contributed by atoms with Crippen molar-refractivity contribution < 1.29 is 18.7 Å². The first kappa shape index (κ1) is 15.4. The van der Waals surface area contributed by atoms with Gasteiger partial charge in [-0.2, -0.15) is 0 Å². The van der Waals surface area contributed by atoms with Gasteiger partial charge in [0.15, 0.2) is 0 Å². The summed E-state index contributed by atoms with van der Waals surface area (Å²) in [5.74, 6) is -1.79. The van der Waals surface area contributed by atoms with Gasteiger partial charge in [-0.15, -0.1) is 0 Å². The molecule has 0 aliphatic carbocycles. The van der Waals surface area contributed by atoms with Crippen molar-refractivity contribution in [1.29, 1.82) is 0 Å². The number of H-pyrrole nitrogens is 1. The molecule has 21 heavy (non-hydrogen) atoms. The number of nitrogens with zero attached hydrogens (tertiary/aromatic N) is 1. The van der Waals surface area contributed by atoms with E-state index in [1.54, 1.807) is 6.92 Å². The minimum atomic E-state index is -1.88. The zero-order valence-corrected chi connectivity index (χ0v) is 11.8. The number of halogens is 1. The minimum Gasteiger partial charge on any atom is -0.464 e. The van der Waals surface area contributed by atoms with Gasteiger partial charge in [-0.25, -0.2) is 14.0 Å². The predicted molar refractivity (Wildman–Crippen MR) is 70.7 cm³/mol. The van der Waals surface area contributed by atoms with E-state index in [0.717, 1.165) is 4.57 Å². The van der Waals surface area contributed by atoms with E-state index in [1.807, 2.05) is 0 Å². The third-order valence-corrected chi connectivity index (χ3v) is 3.41. The molecule has 116 valence electrons. The number of aryl methyl sites for hydroxylation is 1. The second-order valence-corrected chi connectivity index (χ2v) is 4.85. The van der Waals surface area contributed by atoms with E-state index >= 15 is 0 Å². The van der Waals surface area contributed by atoms with Gasteiger partial charge < -0.3 is 9.47 Å². The Bertz CT molecular complexity index is 638. The number of aromatic amines is 1. The highest BCUT2D eigenvalue weighted by atomic mass is 19.1. The average molecular weight is 300 g/mol. The molecule has 0 bridgehead atoms. The number of nitrogens with one attached hydrogen (secondary N) is 1. The van der Waals surface area contributed by atoms with Gasteiger partial charge in [-0.3, -0.25) is 14.3 Å². The molecule has 0 aromatic carbocycles. The molecule has 8 heteroatoms. The smallest absolute Gasteiger partial charge is 0.341 e. The second-order valence-electron chi connectivity index (χ2n) is 4.85. The number of carbonyl (C=O) groups is 1. The highest BCUT2D eigenvalue weighted by Crippen LogP contribution is 2.33. The van der Waals surface area contributed by atoms with Crippen molar-refractivity contribution in [3.63, 3.8) is 0 Å². The monoisotopic (exact) mass is 300 g/mol. The first-order valence-corrected chi connectivity index (χ1v) is 6.70. The fourth-order valence-electron chi connectivity index (χ4n) is 2.34. The summed E-state index contributed by atoms with van der Waals surface area (Å²) in [6.07, 6.45) is -1.22. The maximum absolute atomic E-state index is 14.2. The maximum atomic E-state index is 14.2. The Morgan fingerprint density at radius 2 is 2.33 bits per heavy atom. The van der Waals surface area contributed by atoms with Crippen LogP contribution >= 0.6 is 0 Å². The minimum absolute atomic E-state index is 0.0786. The van der Waals surface area contributed by atoms with Crippen molar-refractivity contribution in [2.45, 2.75) is 32.7 Å². The van der Waals surface area contributed by atoms with Crippen LogP contribution in [-0.4, -0.2) is 34.9 Å². The van der Waals surface area contributed by atoms with Gasteiger partial charge >= 0.3 is 11.7 Å². The molecular weight excluding hydrogens is 283 g/mol. The van der Waals surface area contributed by atoms with Crippen LogP contribution in [0.3, 0.4) is 0 Å². The summed E-state index contributed by atoms with van der Waals surface area (Å²) in [6.45, 7) is 3.41. The fraction of sp³-hybridized carbons (Fsp3) is 0.615. The molecule has 3 atom stereocenters. The van der Waals surface area contributed by atoms with Crippen molar-refractivity contribution in [3.05, 3.63) is 32.6 Å². The zero-order chi connectivity index (χ0) is 15.6. The maximum Gasteiger partial charge on any atom is 0.341 e. The predicted octanol–water partition coefficient (Wildman–Crippen LogP) is 0.281. The number of ether oxygens (including phenoxy) is 2. The summed E-state index contributed by atoms with van der Waals surface area (Å²) in [6, 6.07) is 0. The molecule has 2 rings (SSSR count). The Morgan fingerprint density at radius 3 is 3.00 bits per heavy atom. The molecular formula is C13H17FN2O5. The van der Waals surface area contributed by atoms with Crippen molar-refractivity contribution in [2.75, 3.05) is 13.2 Å². The lowest BCUT2D eigenvalue weighted by atomic mass is 10.00. The largest absolute Gasteiger partial charge is 0.464 e. The number of rotatable bonds is 4. The first-order chi connectivity index (χ1) is 9.95. The Morgan fingerprint density at radius 1 is 1.62 bits per heavy atom. The van der Waals surface area contributed by atoms with Gasteiger partial charge in [0.05, 0.1) is 6.61 Å². The van der Waals surface area contributed by atoms with Crippen LogP contribution in [0.15, 0.2) is 15.8 Å². The Kier molecular flexibility index (Phi) is 4.56. The summed E-state index contributed by atoms with van der Waals surface area (Å²) in [5.41, 5.74) is -0.901. The van der Waals surface area contributed by atoms with Crippen molar-refractivity contribution in [3.8, 4) is 0 Å². The molecule has 7 nitrogen and oxygen atoms in total. The third-order valence-electron chi connectivity index (χ3n) is 3.41. The van der Waals surface area contributed by atoms with Crippen LogP contribution in [0.1, 0.15) is 25.1 Å². The fourth-order valence-corrected chi connectivity index (χ4v) is 2.34. The molecule has 1 N–H and O–H groups in total. The van der Waals surface area contributed by atoms with Crippen molar-refractivity contribution >= 4 is 5.97 Å². The Labute approximate surface area is 119 Å². The number of esters is 1. The van der Waals surface area contributed by atoms with Crippen LogP contribution in [0.4, 0.5) is 4.39 Å². The normalized spacial score (nSPS) is 23.0. The first-order valence-electron chi connectivity index (χ1n) is 6.70. The zero-order valence-electron chi connectivity index (χ0n) is 11.8. The van der Waals surface area contributed by atoms with Gasteiger partial charge in [-0.1, -0.05) is 0 Å². The molecule has 0 spiro atoms. The van der Waals surface area contributed by atoms with E-state index < -0.39 is 35.5 Å². The van der Waals surface area contributed by atoms with Gasteiger partial charge in [0, 0.05) is 24.3 Å². The van der Waals surface area contributed by atoms with Crippen LogP contribution in [0.5, 0.6) is 0 Å². The molecule has 2 heterocycles. The number of hydrogen-bond acceptors (Lipinski definition) is 5. The number of carbonyl (C=O) groups excluding carboxylic acids is 1. The van der Waals surface area contributed by atoms with Gasteiger partial charge in [-0.05, 0) is 20.3 Å². The SMILES string of the molecule is CCOC(=O)C(F)[C@@H]1CCO[C@H]1n1cc(C)c(=O)[nH]c1=O. The lowest BCUT2D eigenvalue weighted by Gasteiger charge is -2.22. The Hall–Kier alpha value is -1.96. The van der Waals surface area contributed by atoms with E-state index in [1.165, 1.54) is 13.1 Å². The standard InChI is InChI=1S/C13H17FN2O5/c1-3-20-12(18)9(14)8-4-5-21-11(8)16-6-7(2)10(17)15-13(16)19/h6,8-9,11H,3-5H2,1-2H3,(H,15,17,19)/t8-,9?,11+/m0/s1. The molecule has 1 fully saturated rings. The number of alkyl halides is 1. The van der Waals surface area contributed by atoms with Crippen LogP contribution in [0.2, 0.25) is 0 Å². The topological polar surface area (TPSA) is 90.4 Å². The van der Waals surface area contributed by atoms with E-state index in [4.69, 9.17) is 4.74 Å². The van der Waals surface area contributed by atoms with Crippen LogP contribution in [0.25, 0.3) is 0 Å². The highest BCUT2D eigenvalue weighted by molar-refractivity contribution is 5.75. The summed E-state index contributed by atoms with van der Waals surface area (Å²) < 4.78 is 25.3. The van der Waals surface area contributed by atoms with Crippen LogP contribution < -0.4 is 11.2 Å². The third kappa shape index (κ3) is 3.05. The highest BCUT2D eigenvalue weighted by Gasteiger charge is 2.41. The van der Waals surface area contributed by atoms with E-state index in [9.17, 15) is 18.8 Å². The van der Waals surface area contributed by atoms with Crippen LogP contribution in [-0.2, 0) is 14.3 Å². The van der Waals surface area contributed by atoms with E-state index in [0.29, 0.717) is 5.56 Å². The summed E-state index contributed by atoms with van der Waals surface area (Å²) >= 11 is 0. The Balaban J connectivity index is 2.31. The quantitative estimate of drug-likeness (QED) is 0.807. The van der Waals surface area contributed by atoms with Crippen LogP contribution in [0, 0.1) is 12.8 Å². The lowest BCUT2D eigenvalue weighted by Crippen LogP contribution is -2.38. The second kappa shape index (κ2) is 6.21. The van der Waals surface area contributed by atoms with Gasteiger partial charge in [0.25, 0.3) is 5.56 Å². The van der Waals surface area contributed by atoms with Crippen molar-refractivity contribution in [1.82, 2.24) is 9.55 Å². The molecule has 1 unspecified atom stereocenters. The molecule has 0 amide bonds. The number of aromatic nitrogens is 2. The van der Waals surface area contributed by atoms with E-state index in [-0.39, 0.29) is 19.6 Å². The molecule has 1 aromatic heterocycles. The number of hydrogen-bond donors (Lipinski definition) is 1. The molecule has 1 aliphatic heterocycles. The molecule has 0 saturated carbocycles. The lowest BCUT2D eigenvalue weighted by molar-refractivity contribution is -0.153. The van der Waals surface area contributed by atoms with E-state index in [2.05, 4.69) is 9.72 Å². The summed E-state index contributed by atoms with van der Waals surface area (Å²) in [4.78, 5) is 36.8. The molecule has 0 radical (unpaired) electrons. The van der Waals surface area contributed by atoms with Crippen molar-refractivity contribution in [2.24, 2.45) is 5.92 Å². The molecule has 1 aromatic rings. The van der Waals surface area contributed by atoms with Gasteiger partial charge in [0.2, 0.25) is 6.17 Å². The summed E-state index contributed by atoms with van der Waals surface area (Å²) in [7, 11) is 0. The average Bonchev–Trinajstić information content (AvgIpc) is 2.91. The molecule has 1 saturated heterocycles. The summed E-state index contributed by atoms with van der Waals surface area (Å²) in [5, 5.41) is 0.